The number of carbonyl (C=O) groups excluding carboxylic acids is 1. The second-order valence-corrected chi connectivity index (χ2v) is 8.88. The first-order chi connectivity index (χ1) is 13.2. The fourth-order valence-electron chi connectivity index (χ4n) is 4.48. The fourth-order valence-corrected chi connectivity index (χ4v) is 6.36. The third-order valence-electron chi connectivity index (χ3n) is 5.63. The molecule has 2 atom stereocenters. The summed E-state index contributed by atoms with van der Waals surface area (Å²) in [6.45, 7) is 4.77. The number of carbonyl (C=O) groups is 2. The van der Waals surface area contributed by atoms with Crippen LogP contribution < -0.4 is 4.74 Å². The van der Waals surface area contributed by atoms with E-state index in [1.54, 1.807) is 17.9 Å². The zero-order valence-corrected chi connectivity index (χ0v) is 16.9. The van der Waals surface area contributed by atoms with Crippen molar-refractivity contribution >= 4 is 22.4 Å². The van der Waals surface area contributed by atoms with Gasteiger partial charge in [-0.2, -0.15) is 4.31 Å². The molecule has 1 spiro atoms. The minimum Gasteiger partial charge on any atom is -0.496 e. The molecule has 1 aromatic rings. The summed E-state index contributed by atoms with van der Waals surface area (Å²) < 4.78 is 39.3. The Hall–Kier alpha value is -2.17. The lowest BCUT2D eigenvalue weighted by Crippen LogP contribution is -2.48. The van der Waals surface area contributed by atoms with Crippen LogP contribution in [0.2, 0.25) is 0 Å². The van der Waals surface area contributed by atoms with Gasteiger partial charge in [-0.25, -0.2) is 8.42 Å². The lowest BCUT2D eigenvalue weighted by molar-refractivity contribution is -0.136. The molecule has 154 valence electrons. The number of ether oxygens (including phenoxy) is 2. The summed E-state index contributed by atoms with van der Waals surface area (Å²) in [6, 6.07) is 2.93. The molecule has 0 bridgehead atoms. The van der Waals surface area contributed by atoms with Gasteiger partial charge in [-0.15, -0.1) is 0 Å². The largest absolute Gasteiger partial charge is 0.496 e. The van der Waals surface area contributed by atoms with Gasteiger partial charge in [0, 0.05) is 32.0 Å². The smallest absolute Gasteiger partial charge is 0.290 e. The molecule has 3 saturated heterocycles. The minimum absolute atomic E-state index is 0.0272. The van der Waals surface area contributed by atoms with Crippen LogP contribution in [0.1, 0.15) is 24.0 Å². The van der Waals surface area contributed by atoms with Gasteiger partial charge < -0.3 is 19.5 Å². The Labute approximate surface area is 163 Å². The molecule has 0 radical (unpaired) electrons. The summed E-state index contributed by atoms with van der Waals surface area (Å²) in [6.07, 6.45) is 0.700. The van der Waals surface area contributed by atoms with Crippen LogP contribution in [0.3, 0.4) is 0 Å². The molecule has 4 rings (SSSR count). The summed E-state index contributed by atoms with van der Waals surface area (Å²) >= 11 is 0. The first kappa shape index (κ1) is 20.6. The van der Waals surface area contributed by atoms with E-state index in [-0.39, 0.29) is 23.7 Å². The second-order valence-electron chi connectivity index (χ2n) is 7.02. The number of hydrogen-bond donors (Lipinski definition) is 1. The number of sulfonamides is 1. The van der Waals surface area contributed by atoms with E-state index in [2.05, 4.69) is 0 Å². The van der Waals surface area contributed by atoms with E-state index < -0.39 is 21.8 Å². The maximum Gasteiger partial charge on any atom is 0.290 e. The number of rotatable bonds is 3. The van der Waals surface area contributed by atoms with Gasteiger partial charge in [0.25, 0.3) is 6.47 Å². The van der Waals surface area contributed by atoms with Crippen molar-refractivity contribution in [2.24, 2.45) is 0 Å². The van der Waals surface area contributed by atoms with Gasteiger partial charge in [0.15, 0.2) is 5.72 Å². The number of benzene rings is 1. The Morgan fingerprint density at radius 1 is 1.29 bits per heavy atom. The van der Waals surface area contributed by atoms with E-state index in [0.29, 0.717) is 37.4 Å². The van der Waals surface area contributed by atoms with Crippen LogP contribution in [-0.4, -0.2) is 73.7 Å². The molecule has 1 aromatic carbocycles. The Morgan fingerprint density at radius 2 is 1.96 bits per heavy atom. The topological polar surface area (TPSA) is 113 Å². The summed E-state index contributed by atoms with van der Waals surface area (Å²) in [7, 11) is -2.22. The molecular formula is C18H24N2O7S. The molecule has 10 heteroatoms. The third kappa shape index (κ3) is 2.96. The molecule has 0 aromatic heterocycles. The lowest BCUT2D eigenvalue weighted by Gasteiger charge is -2.31. The highest BCUT2D eigenvalue weighted by Crippen LogP contribution is 2.47. The number of hydrogen-bond acceptors (Lipinski definition) is 6. The van der Waals surface area contributed by atoms with Gasteiger partial charge >= 0.3 is 0 Å². The molecular weight excluding hydrogens is 388 g/mol. The zero-order chi connectivity index (χ0) is 20.7. The average molecular weight is 412 g/mol. The molecule has 3 fully saturated rings. The van der Waals surface area contributed by atoms with E-state index in [4.69, 9.17) is 19.4 Å². The highest BCUT2D eigenvalue weighted by Gasteiger charge is 2.64. The molecule has 0 unspecified atom stereocenters. The van der Waals surface area contributed by atoms with Crippen LogP contribution >= 0.6 is 0 Å². The number of aryl methyl sites for hydroxylation is 2. The highest BCUT2D eigenvalue weighted by molar-refractivity contribution is 7.89. The number of nitrogens with zero attached hydrogens (tertiary/aromatic N) is 2. The van der Waals surface area contributed by atoms with Crippen molar-refractivity contribution in [2.45, 2.75) is 43.4 Å². The SMILES string of the molecule is COc1cc(S(=O)(=O)N2CC[C@@]34OCCN3C(=O)C[C@@H]24)c(C)cc1C.O=CO. The minimum atomic E-state index is -3.75. The van der Waals surface area contributed by atoms with E-state index >= 15 is 0 Å². The molecule has 3 aliphatic heterocycles. The molecule has 3 heterocycles. The van der Waals surface area contributed by atoms with Gasteiger partial charge in [-0.05, 0) is 25.0 Å². The molecule has 28 heavy (non-hydrogen) atoms. The van der Waals surface area contributed by atoms with Gasteiger partial charge in [0.2, 0.25) is 15.9 Å². The zero-order valence-electron chi connectivity index (χ0n) is 16.0. The van der Waals surface area contributed by atoms with Crippen LogP contribution in [0.25, 0.3) is 0 Å². The Bertz CT molecular complexity index is 901. The Morgan fingerprint density at radius 3 is 2.61 bits per heavy atom. The van der Waals surface area contributed by atoms with E-state index in [0.717, 1.165) is 5.56 Å². The summed E-state index contributed by atoms with van der Waals surface area (Å²) in [5, 5.41) is 6.89. The first-order valence-electron chi connectivity index (χ1n) is 8.92. The predicted octanol–water partition coefficient (Wildman–Crippen LogP) is 0.735. The molecule has 3 aliphatic rings. The van der Waals surface area contributed by atoms with E-state index in [1.807, 2.05) is 13.0 Å². The fraction of sp³-hybridized carbons (Fsp3) is 0.556. The van der Waals surface area contributed by atoms with Crippen molar-refractivity contribution in [1.29, 1.82) is 0 Å². The summed E-state index contributed by atoms with van der Waals surface area (Å²) in [5.74, 6) is 0.514. The third-order valence-corrected chi connectivity index (χ3v) is 7.68. The van der Waals surface area contributed by atoms with Gasteiger partial charge in [-0.1, -0.05) is 6.07 Å². The second kappa shape index (κ2) is 7.34. The van der Waals surface area contributed by atoms with Crippen molar-refractivity contribution in [1.82, 2.24) is 9.21 Å². The standard InChI is InChI=1S/C17H22N2O5S.CH2O2/c1-11-8-12(2)14(9-13(11)23-3)25(21,22)19-5-4-17-15(19)10-16(20)18(17)6-7-24-17;2-1-3/h8-9,15H,4-7,10H2,1-3H3;1H,(H,2,3)/t15-,17+;/m1./s1. The van der Waals surface area contributed by atoms with Crippen molar-refractivity contribution in [2.75, 3.05) is 26.8 Å². The number of amides is 1. The van der Waals surface area contributed by atoms with Crippen LogP contribution in [-0.2, 0) is 24.3 Å². The monoisotopic (exact) mass is 412 g/mol. The van der Waals surface area contributed by atoms with Gasteiger partial charge in [0.05, 0.1) is 24.7 Å². The lowest BCUT2D eigenvalue weighted by atomic mass is 10.1. The average Bonchev–Trinajstić information content (AvgIpc) is 3.27. The van der Waals surface area contributed by atoms with Crippen molar-refractivity contribution in [3.8, 4) is 5.75 Å². The number of carboxylic acid groups (broad SMARTS) is 1. The summed E-state index contributed by atoms with van der Waals surface area (Å²) in [5.41, 5.74) is 0.790. The maximum atomic E-state index is 13.4. The van der Waals surface area contributed by atoms with Crippen LogP contribution in [0.5, 0.6) is 5.75 Å². The predicted molar refractivity (Wildman–Crippen MR) is 98.5 cm³/mol. The van der Waals surface area contributed by atoms with Gasteiger partial charge in [-0.3, -0.25) is 9.59 Å². The molecule has 1 amide bonds. The van der Waals surface area contributed by atoms with Crippen molar-refractivity contribution < 1.29 is 32.6 Å². The molecule has 1 N–H and O–H groups in total. The molecule has 9 nitrogen and oxygen atoms in total. The molecule has 0 saturated carbocycles. The van der Waals surface area contributed by atoms with Crippen LogP contribution in [0.4, 0.5) is 0 Å². The van der Waals surface area contributed by atoms with Crippen LogP contribution in [0, 0.1) is 13.8 Å². The van der Waals surface area contributed by atoms with Crippen molar-refractivity contribution in [3.63, 3.8) is 0 Å². The highest BCUT2D eigenvalue weighted by atomic mass is 32.2. The Kier molecular flexibility index (Phi) is 5.39. The summed E-state index contributed by atoms with van der Waals surface area (Å²) in [4.78, 5) is 22.6. The van der Waals surface area contributed by atoms with Crippen LogP contribution in [0.15, 0.2) is 17.0 Å². The van der Waals surface area contributed by atoms with Crippen molar-refractivity contribution in [3.05, 3.63) is 23.3 Å². The number of methoxy groups -OCH3 is 1. The Balaban J connectivity index is 0.000000706. The van der Waals surface area contributed by atoms with E-state index in [1.165, 1.54) is 11.4 Å². The normalized spacial score (nSPS) is 26.5. The molecule has 0 aliphatic carbocycles. The quantitative estimate of drug-likeness (QED) is 0.728. The van der Waals surface area contributed by atoms with Gasteiger partial charge in [0.1, 0.15) is 5.75 Å². The van der Waals surface area contributed by atoms with E-state index in [9.17, 15) is 13.2 Å². The maximum absolute atomic E-state index is 13.4. The first-order valence-corrected chi connectivity index (χ1v) is 10.4.